The van der Waals surface area contributed by atoms with Crippen LogP contribution in [0.3, 0.4) is 0 Å². The third-order valence-corrected chi connectivity index (χ3v) is 5.00. The van der Waals surface area contributed by atoms with Crippen molar-refractivity contribution in [1.29, 1.82) is 0 Å². The van der Waals surface area contributed by atoms with E-state index in [4.69, 9.17) is 18.9 Å². The predicted molar refractivity (Wildman–Crippen MR) is 118 cm³/mol. The van der Waals surface area contributed by atoms with Crippen molar-refractivity contribution in [3.63, 3.8) is 0 Å². The van der Waals surface area contributed by atoms with Crippen LogP contribution in [0, 0.1) is 0 Å². The van der Waals surface area contributed by atoms with E-state index < -0.39 is 61.1 Å². The largest absolute Gasteiger partial charge is 0.456 e. The van der Waals surface area contributed by atoms with Crippen LogP contribution in [0.1, 0.15) is 79.1 Å². The Bertz CT molecular complexity index is 710. The summed E-state index contributed by atoms with van der Waals surface area (Å²) in [7, 11) is 0. The van der Waals surface area contributed by atoms with Gasteiger partial charge in [0.1, 0.15) is 17.9 Å². The number of carbonyl (C=O) groups is 5. The first kappa shape index (κ1) is 29.5. The van der Waals surface area contributed by atoms with Gasteiger partial charge in [0.25, 0.3) is 0 Å². The Morgan fingerprint density at radius 3 is 1.74 bits per heavy atom. The van der Waals surface area contributed by atoms with E-state index in [1.54, 1.807) is 20.8 Å². The zero-order valence-electron chi connectivity index (χ0n) is 20.4. The molecule has 0 aliphatic carbocycles. The molecule has 1 heterocycles. The molecule has 0 saturated carbocycles. The molecule has 1 aliphatic heterocycles. The smallest absolute Gasteiger partial charge is 0.308 e. The molecule has 2 N–H and O–H groups in total. The van der Waals surface area contributed by atoms with Crippen LogP contribution in [0.2, 0.25) is 0 Å². The molecule has 1 saturated heterocycles. The molecule has 0 radical (unpaired) electrons. The van der Waals surface area contributed by atoms with Gasteiger partial charge in [-0.25, -0.2) is 0 Å². The first-order chi connectivity index (χ1) is 16.2. The van der Waals surface area contributed by atoms with Gasteiger partial charge in [-0.1, -0.05) is 20.8 Å². The number of Topliss-reactive ketones (excluding diaryl/α,β-unsaturated/α-hetero) is 1. The lowest BCUT2D eigenvalue weighted by Crippen LogP contribution is -2.67. The van der Waals surface area contributed by atoms with Crippen LogP contribution in [-0.4, -0.2) is 72.0 Å². The molecule has 1 fully saturated rings. The molecule has 0 aromatic carbocycles. The highest BCUT2D eigenvalue weighted by molar-refractivity contribution is 5.83. The molecular formula is C23H37NO10. The van der Waals surface area contributed by atoms with Gasteiger partial charge in [-0.05, 0) is 26.2 Å². The Hall–Kier alpha value is -2.53. The number of aliphatic hydroxyl groups is 1. The molecule has 34 heavy (non-hydrogen) atoms. The second kappa shape index (κ2) is 15.4. The monoisotopic (exact) mass is 487 g/mol. The van der Waals surface area contributed by atoms with E-state index in [1.807, 2.05) is 0 Å². The molecule has 11 nitrogen and oxygen atoms in total. The summed E-state index contributed by atoms with van der Waals surface area (Å²) in [6.45, 7) is 6.05. The molecule has 0 bridgehead atoms. The van der Waals surface area contributed by atoms with Crippen molar-refractivity contribution < 1.29 is 48.0 Å². The van der Waals surface area contributed by atoms with Crippen LogP contribution in [0.4, 0.5) is 0 Å². The summed E-state index contributed by atoms with van der Waals surface area (Å²) in [6.07, 6.45) is -3.64. The highest BCUT2D eigenvalue weighted by Crippen LogP contribution is 2.28. The van der Waals surface area contributed by atoms with Crippen molar-refractivity contribution in [2.75, 3.05) is 6.61 Å². The van der Waals surface area contributed by atoms with Gasteiger partial charge in [0, 0.05) is 32.1 Å². The van der Waals surface area contributed by atoms with Crippen LogP contribution in [0.25, 0.3) is 0 Å². The van der Waals surface area contributed by atoms with Crippen molar-refractivity contribution in [2.24, 2.45) is 0 Å². The number of aliphatic hydroxyl groups excluding tert-OH is 1. The number of amides is 1. The number of rotatable bonds is 14. The molecule has 1 amide bonds. The Kier molecular flexibility index (Phi) is 13.4. The van der Waals surface area contributed by atoms with Crippen molar-refractivity contribution in [3.05, 3.63) is 0 Å². The quantitative estimate of drug-likeness (QED) is 0.271. The number of ether oxygens (including phenoxy) is 4. The lowest BCUT2D eigenvalue weighted by molar-refractivity contribution is -0.271. The van der Waals surface area contributed by atoms with Crippen LogP contribution in [0.5, 0.6) is 0 Å². The summed E-state index contributed by atoms with van der Waals surface area (Å²) in [4.78, 5) is 60.7. The summed E-state index contributed by atoms with van der Waals surface area (Å²) in [5, 5.41) is 12.5. The first-order valence-corrected chi connectivity index (χ1v) is 11.8. The molecule has 5 atom stereocenters. The highest BCUT2D eigenvalue weighted by atomic mass is 16.7. The predicted octanol–water partition coefficient (Wildman–Crippen LogP) is 1.32. The lowest BCUT2D eigenvalue weighted by Gasteiger charge is -2.44. The van der Waals surface area contributed by atoms with Crippen molar-refractivity contribution in [2.45, 2.75) is 110 Å². The normalized spacial score (nSPS) is 24.1. The molecule has 194 valence electrons. The number of hydrogen-bond donors (Lipinski definition) is 2. The molecule has 0 aromatic rings. The zero-order valence-corrected chi connectivity index (χ0v) is 20.4. The molecule has 1 rings (SSSR count). The summed E-state index contributed by atoms with van der Waals surface area (Å²) >= 11 is 0. The number of ketones is 1. The van der Waals surface area contributed by atoms with E-state index in [0.29, 0.717) is 19.3 Å². The maximum Gasteiger partial charge on any atom is 0.308 e. The molecule has 0 aromatic heterocycles. The topological polar surface area (TPSA) is 155 Å². The molecular weight excluding hydrogens is 450 g/mol. The van der Waals surface area contributed by atoms with Crippen LogP contribution < -0.4 is 5.32 Å². The second-order valence-electron chi connectivity index (χ2n) is 8.17. The zero-order chi connectivity index (χ0) is 25.7. The van der Waals surface area contributed by atoms with Gasteiger partial charge in [-0.2, -0.15) is 0 Å². The third-order valence-electron chi connectivity index (χ3n) is 5.00. The fraction of sp³-hybridized carbons (Fsp3) is 0.783. The second-order valence-corrected chi connectivity index (χ2v) is 8.17. The van der Waals surface area contributed by atoms with Crippen LogP contribution in [0.15, 0.2) is 0 Å². The van der Waals surface area contributed by atoms with Crippen LogP contribution in [-0.2, 0) is 42.9 Å². The minimum atomic E-state index is -1.42. The molecule has 1 aliphatic rings. The number of nitrogens with one attached hydrogen (secondary N) is 1. The highest BCUT2D eigenvalue weighted by Gasteiger charge is 2.52. The van der Waals surface area contributed by atoms with Gasteiger partial charge >= 0.3 is 17.9 Å². The Labute approximate surface area is 199 Å². The summed E-state index contributed by atoms with van der Waals surface area (Å²) < 4.78 is 22.2. The van der Waals surface area contributed by atoms with E-state index in [9.17, 15) is 29.1 Å². The van der Waals surface area contributed by atoms with Gasteiger partial charge in [0.15, 0.2) is 12.2 Å². The SMILES string of the molecule is CCCC(=O)OC1C(NC(=O)CCC(C)=O)[C@H](OC(=O)CCC)OC(CO)[C@H]1OC(=O)CCC. The molecule has 3 unspecified atom stereocenters. The van der Waals surface area contributed by atoms with E-state index >= 15 is 0 Å². The molecule has 0 spiro atoms. The Morgan fingerprint density at radius 1 is 0.765 bits per heavy atom. The molecule has 11 heteroatoms. The van der Waals surface area contributed by atoms with Crippen molar-refractivity contribution in [1.82, 2.24) is 5.32 Å². The Morgan fingerprint density at radius 2 is 1.26 bits per heavy atom. The third kappa shape index (κ3) is 9.76. The first-order valence-electron chi connectivity index (χ1n) is 11.8. The lowest BCUT2D eigenvalue weighted by atomic mass is 9.95. The minimum Gasteiger partial charge on any atom is -0.456 e. The van der Waals surface area contributed by atoms with Gasteiger partial charge in [0.05, 0.1) is 6.61 Å². The minimum absolute atomic E-state index is 0.0197. The fourth-order valence-electron chi connectivity index (χ4n) is 3.36. The maximum atomic E-state index is 12.6. The van der Waals surface area contributed by atoms with Gasteiger partial charge < -0.3 is 34.2 Å². The average Bonchev–Trinajstić information content (AvgIpc) is 2.76. The van der Waals surface area contributed by atoms with E-state index in [1.165, 1.54) is 6.92 Å². The fourth-order valence-corrected chi connectivity index (χ4v) is 3.36. The summed E-state index contributed by atoms with van der Waals surface area (Å²) in [6, 6.07) is -1.23. The van der Waals surface area contributed by atoms with E-state index in [2.05, 4.69) is 5.32 Å². The van der Waals surface area contributed by atoms with Crippen LogP contribution >= 0.6 is 0 Å². The number of carbonyl (C=O) groups excluding carboxylic acids is 5. The van der Waals surface area contributed by atoms with Gasteiger partial charge in [0.2, 0.25) is 12.2 Å². The summed E-state index contributed by atoms with van der Waals surface area (Å²) in [5.74, 6) is -2.61. The number of hydrogen-bond acceptors (Lipinski definition) is 10. The van der Waals surface area contributed by atoms with Gasteiger partial charge in [-0.3, -0.25) is 19.2 Å². The van der Waals surface area contributed by atoms with E-state index in [-0.39, 0.29) is 37.9 Å². The Balaban J connectivity index is 3.33. The van der Waals surface area contributed by atoms with Crippen molar-refractivity contribution >= 4 is 29.6 Å². The maximum absolute atomic E-state index is 12.6. The average molecular weight is 488 g/mol. The number of esters is 3. The summed E-state index contributed by atoms with van der Waals surface area (Å²) in [5.41, 5.74) is 0. The van der Waals surface area contributed by atoms with Crippen molar-refractivity contribution in [3.8, 4) is 0 Å². The van der Waals surface area contributed by atoms with E-state index in [0.717, 1.165) is 0 Å². The van der Waals surface area contributed by atoms with Gasteiger partial charge in [-0.15, -0.1) is 0 Å². The standard InChI is InChI=1S/C23H37NO10/c1-5-8-17(28)32-21-15(13-25)31-23(34-19(30)10-7-3)20(22(21)33-18(29)9-6-2)24-16(27)12-11-14(4)26/h15,20-23,25H,5-13H2,1-4H3,(H,24,27)/t15?,20?,21-,22?,23+/m1/s1.